The molecule has 2 bridgehead atoms. The van der Waals surface area contributed by atoms with Crippen LogP contribution in [0.4, 0.5) is 9.59 Å². The second-order valence-corrected chi connectivity index (χ2v) is 7.22. The lowest BCUT2D eigenvalue weighted by molar-refractivity contribution is 0.0802. The molecule has 11 heteroatoms. The number of alkyl halides is 4. The summed E-state index contributed by atoms with van der Waals surface area (Å²) in [5.74, 6) is -0.122. The lowest BCUT2D eigenvalue weighted by Crippen LogP contribution is -2.43. The van der Waals surface area contributed by atoms with Crippen molar-refractivity contribution < 1.29 is 24.5 Å². The van der Waals surface area contributed by atoms with E-state index >= 15 is 0 Å². The zero-order valence-corrected chi connectivity index (χ0v) is 13.8. The minimum absolute atomic E-state index is 0.122. The van der Waals surface area contributed by atoms with Gasteiger partial charge in [-0.1, -0.05) is 46.4 Å². The van der Waals surface area contributed by atoms with Gasteiger partial charge in [0, 0.05) is 11.0 Å². The van der Waals surface area contributed by atoms with Crippen molar-refractivity contribution in [2.24, 2.45) is 5.92 Å². The maximum Gasteiger partial charge on any atom is 0.516 e. The number of hydrogen-bond donors (Lipinski definition) is 2. The highest BCUT2D eigenvalue weighted by Gasteiger charge is 2.68. The Bertz CT molecular complexity index is 465. The summed E-state index contributed by atoms with van der Waals surface area (Å²) in [4.78, 5) is 17.4. The molecule has 0 saturated heterocycles. The number of hydrogen-bond acceptors (Lipinski definition) is 3. The van der Waals surface area contributed by atoms with Crippen LogP contribution in [0.25, 0.3) is 0 Å². The smallest absolute Gasteiger partial charge is 0.449 e. The van der Waals surface area contributed by atoms with Crippen molar-refractivity contribution >= 4 is 81.9 Å². The van der Waals surface area contributed by atoms with Crippen molar-refractivity contribution in [2.75, 3.05) is 0 Å². The fourth-order valence-corrected chi connectivity index (χ4v) is 4.33. The van der Waals surface area contributed by atoms with Crippen molar-refractivity contribution in [3.63, 3.8) is 0 Å². The van der Waals surface area contributed by atoms with Gasteiger partial charge >= 0.3 is 12.3 Å². The van der Waals surface area contributed by atoms with E-state index in [0.29, 0.717) is 16.5 Å². The quantitative estimate of drug-likeness (QED) is 0.342. The van der Waals surface area contributed by atoms with Gasteiger partial charge in [0.2, 0.25) is 0 Å². The van der Waals surface area contributed by atoms with Gasteiger partial charge in [0.05, 0.1) is 10.4 Å². The van der Waals surface area contributed by atoms with E-state index in [0.717, 1.165) is 0 Å². The molecule has 2 rings (SSSR count). The van der Waals surface area contributed by atoms with Crippen LogP contribution >= 0.6 is 69.6 Å². The molecule has 1 saturated carbocycles. The standard InChI is InChI=1S/C7H4Cl6.C2H2O5/c8-3-2-1-6(11,5(3)10)7(12,13)4(2)9;3-1(4)7-2(5)6/h2,4H,1H2;(H,3,4)(H,5,6). The first-order chi connectivity index (χ1) is 8.95. The molecule has 1 fully saturated rings. The van der Waals surface area contributed by atoms with Crippen molar-refractivity contribution in [3.05, 3.63) is 10.1 Å². The molecular weight excluding hydrogens is 401 g/mol. The molecule has 0 aromatic rings. The Balaban J connectivity index is 0.000000246. The lowest BCUT2D eigenvalue weighted by Gasteiger charge is -2.34. The van der Waals surface area contributed by atoms with Crippen LogP contribution < -0.4 is 0 Å². The largest absolute Gasteiger partial charge is 0.516 e. The highest BCUT2D eigenvalue weighted by molar-refractivity contribution is 6.61. The van der Waals surface area contributed by atoms with Gasteiger partial charge in [-0.05, 0) is 6.42 Å². The fourth-order valence-electron chi connectivity index (χ4n) is 1.89. The molecule has 2 N–H and O–H groups in total. The van der Waals surface area contributed by atoms with E-state index in [-0.39, 0.29) is 5.92 Å². The van der Waals surface area contributed by atoms with Gasteiger partial charge < -0.3 is 14.9 Å². The van der Waals surface area contributed by atoms with Crippen LogP contribution in [0.2, 0.25) is 0 Å². The van der Waals surface area contributed by atoms with Crippen molar-refractivity contribution in [1.29, 1.82) is 0 Å². The third kappa shape index (κ3) is 3.03. The average Bonchev–Trinajstić information content (AvgIpc) is 2.62. The van der Waals surface area contributed by atoms with Gasteiger partial charge in [-0.15, -0.1) is 23.2 Å². The van der Waals surface area contributed by atoms with E-state index in [1.165, 1.54) is 0 Å². The summed E-state index contributed by atoms with van der Waals surface area (Å²) in [6, 6.07) is 0. The second-order valence-electron chi connectivity index (χ2n) is 3.93. The molecule has 0 spiro atoms. The summed E-state index contributed by atoms with van der Waals surface area (Å²) in [7, 11) is 0. The molecule has 3 atom stereocenters. The molecular formula is C9H6Cl6O5. The van der Waals surface area contributed by atoms with Crippen LogP contribution in [-0.2, 0) is 4.74 Å². The van der Waals surface area contributed by atoms with Gasteiger partial charge in [0.15, 0.2) is 4.33 Å². The molecule has 0 amide bonds. The Labute approximate surface area is 143 Å². The number of carbonyl (C=O) groups is 2. The van der Waals surface area contributed by atoms with E-state index in [4.69, 9.17) is 79.8 Å². The van der Waals surface area contributed by atoms with Gasteiger partial charge in [0.25, 0.3) is 0 Å². The van der Waals surface area contributed by atoms with E-state index in [1.807, 2.05) is 0 Å². The maximum absolute atomic E-state index is 9.21. The van der Waals surface area contributed by atoms with Crippen LogP contribution in [0.5, 0.6) is 0 Å². The molecule has 3 unspecified atom stereocenters. The molecule has 0 heterocycles. The van der Waals surface area contributed by atoms with Gasteiger partial charge in [-0.2, -0.15) is 0 Å². The number of halogens is 6. The zero-order chi connectivity index (χ0) is 15.9. The molecule has 2 aliphatic rings. The highest BCUT2D eigenvalue weighted by atomic mass is 35.5. The van der Waals surface area contributed by atoms with Crippen molar-refractivity contribution in [2.45, 2.75) is 21.0 Å². The lowest BCUT2D eigenvalue weighted by atomic mass is 10.1. The summed E-state index contributed by atoms with van der Waals surface area (Å²) in [5, 5.41) is 15.3. The van der Waals surface area contributed by atoms with Crippen LogP contribution in [0.1, 0.15) is 6.42 Å². The minimum Gasteiger partial charge on any atom is -0.449 e. The van der Waals surface area contributed by atoms with Crippen LogP contribution in [-0.4, -0.2) is 37.1 Å². The number of allylic oxidation sites excluding steroid dienone is 2. The number of fused-ring (bicyclic) bond motifs is 2. The molecule has 0 aliphatic heterocycles. The van der Waals surface area contributed by atoms with Crippen LogP contribution in [0, 0.1) is 5.92 Å². The molecule has 0 radical (unpaired) electrons. The first-order valence-corrected chi connectivity index (χ1v) is 7.18. The maximum atomic E-state index is 9.21. The summed E-state index contributed by atoms with van der Waals surface area (Å²) in [6.07, 6.45) is -3.12. The second kappa shape index (κ2) is 6.15. The molecule has 20 heavy (non-hydrogen) atoms. The third-order valence-corrected chi connectivity index (χ3v) is 6.78. The Morgan fingerprint density at radius 1 is 1.15 bits per heavy atom. The molecule has 5 nitrogen and oxygen atoms in total. The SMILES string of the molecule is ClC1=C(Cl)C2(Cl)CC1C(Cl)C2(Cl)Cl.O=C(O)OC(=O)O. The predicted octanol–water partition coefficient (Wildman–Crippen LogP) is 4.83. The number of rotatable bonds is 0. The fraction of sp³-hybridized carbons (Fsp3) is 0.556. The Hall–Kier alpha value is 0.220. The van der Waals surface area contributed by atoms with Crippen molar-refractivity contribution in [1.82, 2.24) is 0 Å². The molecule has 0 aromatic carbocycles. The number of ether oxygens (including phenoxy) is 1. The first kappa shape index (κ1) is 18.3. The third-order valence-electron chi connectivity index (χ3n) is 2.79. The Morgan fingerprint density at radius 2 is 1.60 bits per heavy atom. The van der Waals surface area contributed by atoms with Gasteiger partial charge in [0.1, 0.15) is 4.87 Å². The number of carboxylic acid groups (broad SMARTS) is 2. The zero-order valence-electron chi connectivity index (χ0n) is 9.25. The minimum atomic E-state index is -1.81. The van der Waals surface area contributed by atoms with Gasteiger partial charge in [-0.3, -0.25) is 0 Å². The van der Waals surface area contributed by atoms with Crippen molar-refractivity contribution in [3.8, 4) is 0 Å². The Kier molecular flexibility index (Phi) is 5.61. The summed E-state index contributed by atoms with van der Waals surface area (Å²) < 4.78 is 1.84. The molecule has 2 aliphatic carbocycles. The Morgan fingerprint density at radius 3 is 1.85 bits per heavy atom. The normalized spacial score (nSPS) is 33.5. The van der Waals surface area contributed by atoms with E-state index in [2.05, 4.69) is 4.74 Å². The average molecular weight is 407 g/mol. The van der Waals surface area contributed by atoms with Gasteiger partial charge in [-0.25, -0.2) is 9.59 Å². The first-order valence-electron chi connectivity index (χ1n) is 4.85. The summed E-state index contributed by atoms with van der Waals surface area (Å²) in [5.41, 5.74) is 0. The highest BCUT2D eigenvalue weighted by Crippen LogP contribution is 2.67. The molecule has 114 valence electrons. The molecule has 0 aromatic heterocycles. The summed E-state index contributed by atoms with van der Waals surface area (Å²) >= 11 is 36.2. The summed E-state index contributed by atoms with van der Waals surface area (Å²) in [6.45, 7) is 0. The van der Waals surface area contributed by atoms with E-state index in [9.17, 15) is 9.59 Å². The van der Waals surface area contributed by atoms with E-state index in [1.54, 1.807) is 0 Å². The monoisotopic (exact) mass is 404 g/mol. The topological polar surface area (TPSA) is 83.8 Å². The van der Waals surface area contributed by atoms with Crippen LogP contribution in [0.3, 0.4) is 0 Å². The van der Waals surface area contributed by atoms with Crippen LogP contribution in [0.15, 0.2) is 10.1 Å². The predicted molar refractivity (Wildman–Crippen MR) is 76.6 cm³/mol. The van der Waals surface area contributed by atoms with E-state index < -0.39 is 26.9 Å².